The van der Waals surface area contributed by atoms with Crippen LogP contribution in [0.2, 0.25) is 5.02 Å². The lowest BCUT2D eigenvalue weighted by Gasteiger charge is -2.32. The Morgan fingerprint density at radius 3 is 2.52 bits per heavy atom. The third-order valence-corrected chi connectivity index (χ3v) is 4.38. The molecule has 0 bridgehead atoms. The van der Waals surface area contributed by atoms with Gasteiger partial charge in [0.15, 0.2) is 0 Å². The zero-order valence-corrected chi connectivity index (χ0v) is 12.8. The maximum absolute atomic E-state index is 12.4. The Morgan fingerprint density at radius 2 is 1.86 bits per heavy atom. The molecule has 0 radical (unpaired) electrons. The molecule has 1 aliphatic heterocycles. The van der Waals surface area contributed by atoms with Crippen LogP contribution in [0.3, 0.4) is 0 Å². The fourth-order valence-electron chi connectivity index (χ4n) is 2.65. The summed E-state index contributed by atoms with van der Waals surface area (Å²) in [6, 6.07) is 9.33. The molecule has 110 valence electrons. The van der Waals surface area contributed by atoms with E-state index in [9.17, 15) is 4.79 Å². The molecule has 2 heterocycles. The van der Waals surface area contributed by atoms with Crippen molar-refractivity contribution in [3.8, 4) is 5.69 Å². The summed E-state index contributed by atoms with van der Waals surface area (Å²) in [5.74, 6) is 0.734. The molecule has 21 heavy (non-hydrogen) atoms. The van der Waals surface area contributed by atoms with Crippen molar-refractivity contribution in [1.82, 2.24) is 9.78 Å². The molecule has 1 aliphatic rings. The number of rotatable bonds is 2. The summed E-state index contributed by atoms with van der Waals surface area (Å²) in [6.07, 6.45) is 3.95. The number of halogens is 1. The standard InChI is InChI=1S/C16H18ClN3O/c1-12-7-9-19(10-8-12)14-11-18-20(16(21)15(14)17)13-5-3-2-4-6-13/h2-6,11-12H,7-10H2,1H3. The summed E-state index contributed by atoms with van der Waals surface area (Å²) in [6.45, 7) is 4.11. The first-order chi connectivity index (χ1) is 10.2. The second-order valence-electron chi connectivity index (χ2n) is 5.57. The van der Waals surface area contributed by atoms with Gasteiger partial charge in [-0.05, 0) is 30.9 Å². The molecule has 5 heteroatoms. The molecule has 0 aliphatic carbocycles. The minimum Gasteiger partial charge on any atom is -0.369 e. The summed E-state index contributed by atoms with van der Waals surface area (Å²) in [5.41, 5.74) is 1.21. The largest absolute Gasteiger partial charge is 0.369 e. The van der Waals surface area contributed by atoms with E-state index in [0.29, 0.717) is 0 Å². The first kappa shape index (κ1) is 14.1. The summed E-state index contributed by atoms with van der Waals surface area (Å²) in [7, 11) is 0. The summed E-state index contributed by atoms with van der Waals surface area (Å²) < 4.78 is 1.35. The predicted molar refractivity (Wildman–Crippen MR) is 85.5 cm³/mol. The SMILES string of the molecule is CC1CCN(c2cnn(-c3ccccc3)c(=O)c2Cl)CC1. The van der Waals surface area contributed by atoms with Gasteiger partial charge in [0.25, 0.3) is 5.56 Å². The number of hydrogen-bond donors (Lipinski definition) is 0. The van der Waals surface area contributed by atoms with Crippen LogP contribution >= 0.6 is 11.6 Å². The highest BCUT2D eigenvalue weighted by Crippen LogP contribution is 2.26. The van der Waals surface area contributed by atoms with Crippen molar-refractivity contribution in [2.24, 2.45) is 5.92 Å². The molecule has 0 spiro atoms. The molecule has 4 nitrogen and oxygen atoms in total. The molecule has 0 N–H and O–H groups in total. The van der Waals surface area contributed by atoms with E-state index in [0.717, 1.165) is 43.2 Å². The normalized spacial score (nSPS) is 16.2. The number of benzene rings is 1. The van der Waals surface area contributed by atoms with E-state index in [-0.39, 0.29) is 10.6 Å². The minimum absolute atomic E-state index is 0.253. The molecular weight excluding hydrogens is 286 g/mol. The second kappa shape index (κ2) is 5.90. The number of para-hydroxylation sites is 1. The van der Waals surface area contributed by atoms with E-state index in [2.05, 4.69) is 16.9 Å². The Hall–Kier alpha value is -1.81. The highest BCUT2D eigenvalue weighted by Gasteiger charge is 2.20. The maximum Gasteiger partial charge on any atom is 0.292 e. The molecule has 0 amide bonds. The lowest BCUT2D eigenvalue weighted by atomic mass is 9.99. The summed E-state index contributed by atoms with van der Waals surface area (Å²) >= 11 is 6.30. The van der Waals surface area contributed by atoms with Crippen LogP contribution in [0.1, 0.15) is 19.8 Å². The smallest absolute Gasteiger partial charge is 0.292 e. The summed E-state index contributed by atoms with van der Waals surface area (Å²) in [5, 5.41) is 4.53. The highest BCUT2D eigenvalue weighted by molar-refractivity contribution is 6.33. The molecule has 0 unspecified atom stereocenters. The maximum atomic E-state index is 12.4. The van der Waals surface area contributed by atoms with Gasteiger partial charge in [0.05, 0.1) is 17.6 Å². The average molecular weight is 304 g/mol. The Bertz CT molecular complexity index is 676. The lowest BCUT2D eigenvalue weighted by molar-refractivity contribution is 0.438. The molecule has 2 aromatic rings. The lowest BCUT2D eigenvalue weighted by Crippen LogP contribution is -2.35. The molecule has 0 saturated carbocycles. The fraction of sp³-hybridized carbons (Fsp3) is 0.375. The summed E-state index contributed by atoms with van der Waals surface area (Å²) in [4.78, 5) is 14.6. The number of anilines is 1. The van der Waals surface area contributed by atoms with Gasteiger partial charge in [-0.2, -0.15) is 9.78 Å². The van der Waals surface area contributed by atoms with Crippen LogP contribution in [0, 0.1) is 5.92 Å². The van der Waals surface area contributed by atoms with Crippen molar-refractivity contribution in [3.05, 3.63) is 51.9 Å². The molecular formula is C16H18ClN3O. The molecule has 1 aromatic carbocycles. The molecule has 0 atom stereocenters. The van der Waals surface area contributed by atoms with Crippen molar-refractivity contribution < 1.29 is 0 Å². The van der Waals surface area contributed by atoms with Crippen molar-refractivity contribution in [1.29, 1.82) is 0 Å². The molecule has 3 rings (SSSR count). The van der Waals surface area contributed by atoms with Gasteiger partial charge in [-0.15, -0.1) is 0 Å². The van der Waals surface area contributed by atoms with Crippen LogP contribution in [0.15, 0.2) is 41.3 Å². The van der Waals surface area contributed by atoms with Crippen LogP contribution in [-0.2, 0) is 0 Å². The van der Waals surface area contributed by atoms with Crippen LogP contribution < -0.4 is 10.5 Å². The van der Waals surface area contributed by atoms with Gasteiger partial charge >= 0.3 is 0 Å². The second-order valence-corrected chi connectivity index (χ2v) is 5.94. The molecule has 1 aromatic heterocycles. The Balaban J connectivity index is 1.96. The fourth-order valence-corrected chi connectivity index (χ4v) is 2.90. The number of nitrogens with zero attached hydrogens (tertiary/aromatic N) is 3. The molecule has 1 saturated heterocycles. The van der Waals surface area contributed by atoms with Gasteiger partial charge in [-0.1, -0.05) is 36.7 Å². The van der Waals surface area contributed by atoms with E-state index in [1.165, 1.54) is 4.68 Å². The first-order valence-corrected chi connectivity index (χ1v) is 7.63. The van der Waals surface area contributed by atoms with Gasteiger partial charge < -0.3 is 4.90 Å². The topological polar surface area (TPSA) is 38.1 Å². The highest BCUT2D eigenvalue weighted by atomic mass is 35.5. The van der Waals surface area contributed by atoms with E-state index in [4.69, 9.17) is 11.6 Å². The average Bonchev–Trinajstić information content (AvgIpc) is 2.52. The van der Waals surface area contributed by atoms with Crippen molar-refractivity contribution in [3.63, 3.8) is 0 Å². The van der Waals surface area contributed by atoms with Crippen LogP contribution in [-0.4, -0.2) is 22.9 Å². The van der Waals surface area contributed by atoms with Gasteiger partial charge in [0.2, 0.25) is 0 Å². The monoisotopic (exact) mass is 303 g/mol. The van der Waals surface area contributed by atoms with Crippen LogP contribution in [0.5, 0.6) is 0 Å². The third kappa shape index (κ3) is 2.81. The zero-order valence-electron chi connectivity index (χ0n) is 12.0. The predicted octanol–water partition coefficient (Wildman–Crippen LogP) is 3.12. The van der Waals surface area contributed by atoms with E-state index >= 15 is 0 Å². The van der Waals surface area contributed by atoms with E-state index in [1.807, 2.05) is 30.3 Å². The Morgan fingerprint density at radius 1 is 1.19 bits per heavy atom. The number of piperidine rings is 1. The van der Waals surface area contributed by atoms with Gasteiger partial charge in [-0.25, -0.2) is 0 Å². The van der Waals surface area contributed by atoms with Crippen molar-refractivity contribution in [2.45, 2.75) is 19.8 Å². The third-order valence-electron chi connectivity index (χ3n) is 4.03. The first-order valence-electron chi connectivity index (χ1n) is 7.25. The van der Waals surface area contributed by atoms with E-state index in [1.54, 1.807) is 6.20 Å². The van der Waals surface area contributed by atoms with Crippen molar-refractivity contribution >= 4 is 17.3 Å². The number of aromatic nitrogens is 2. The minimum atomic E-state index is -0.265. The van der Waals surface area contributed by atoms with Crippen molar-refractivity contribution in [2.75, 3.05) is 18.0 Å². The van der Waals surface area contributed by atoms with Gasteiger partial charge in [-0.3, -0.25) is 4.79 Å². The van der Waals surface area contributed by atoms with Crippen LogP contribution in [0.4, 0.5) is 5.69 Å². The van der Waals surface area contributed by atoms with Gasteiger partial charge in [0, 0.05) is 13.1 Å². The quantitative estimate of drug-likeness (QED) is 0.855. The molecule has 1 fully saturated rings. The van der Waals surface area contributed by atoms with Gasteiger partial charge in [0.1, 0.15) is 5.02 Å². The number of hydrogen-bond acceptors (Lipinski definition) is 3. The zero-order chi connectivity index (χ0) is 14.8. The Kier molecular flexibility index (Phi) is 3.97. The Labute approximate surface area is 129 Å². The van der Waals surface area contributed by atoms with Crippen LogP contribution in [0.25, 0.3) is 5.69 Å². The van der Waals surface area contributed by atoms with E-state index < -0.39 is 0 Å².